The summed E-state index contributed by atoms with van der Waals surface area (Å²) in [5.41, 5.74) is 1.07. The SMILES string of the molecule is COc1cc(C(=O)Nc2cccc(OCC3CCCO3)c2)cc(OC)c1Br. The van der Waals surface area contributed by atoms with Gasteiger partial charge in [-0.3, -0.25) is 4.79 Å². The normalized spacial score (nSPS) is 16.0. The van der Waals surface area contributed by atoms with Crippen LogP contribution in [0.25, 0.3) is 0 Å². The molecule has 6 nitrogen and oxygen atoms in total. The number of rotatable bonds is 7. The average molecular weight is 436 g/mol. The molecule has 2 aromatic rings. The second kappa shape index (κ2) is 9.10. The van der Waals surface area contributed by atoms with Crippen LogP contribution in [0.15, 0.2) is 40.9 Å². The summed E-state index contributed by atoms with van der Waals surface area (Å²) in [4.78, 5) is 12.6. The van der Waals surface area contributed by atoms with Gasteiger partial charge in [-0.1, -0.05) is 6.07 Å². The molecule has 0 aliphatic carbocycles. The highest BCUT2D eigenvalue weighted by atomic mass is 79.9. The first kappa shape index (κ1) is 19.5. The molecule has 3 rings (SSSR count). The third kappa shape index (κ3) is 4.93. The Labute approximate surface area is 166 Å². The van der Waals surface area contributed by atoms with Crippen LogP contribution in [0.2, 0.25) is 0 Å². The number of benzene rings is 2. The molecule has 1 saturated heterocycles. The molecule has 0 saturated carbocycles. The Balaban J connectivity index is 1.69. The molecule has 1 atom stereocenters. The molecule has 0 aromatic heterocycles. The summed E-state index contributed by atoms with van der Waals surface area (Å²) in [5.74, 6) is 1.46. The van der Waals surface area contributed by atoms with E-state index in [0.717, 1.165) is 19.4 Å². The van der Waals surface area contributed by atoms with Gasteiger partial charge in [-0.05, 0) is 53.0 Å². The summed E-state index contributed by atoms with van der Waals surface area (Å²) < 4.78 is 22.6. The molecule has 0 bridgehead atoms. The fourth-order valence-electron chi connectivity index (χ4n) is 2.83. The maximum atomic E-state index is 12.6. The van der Waals surface area contributed by atoms with Crippen molar-refractivity contribution in [3.05, 3.63) is 46.4 Å². The van der Waals surface area contributed by atoms with Gasteiger partial charge in [0.25, 0.3) is 5.91 Å². The minimum Gasteiger partial charge on any atom is -0.495 e. The first-order valence-electron chi connectivity index (χ1n) is 8.68. The third-order valence-electron chi connectivity index (χ3n) is 4.26. The topological polar surface area (TPSA) is 66.0 Å². The number of carbonyl (C=O) groups is 1. The van der Waals surface area contributed by atoms with Crippen molar-refractivity contribution < 1.29 is 23.7 Å². The molecule has 1 fully saturated rings. The minimum atomic E-state index is -0.268. The number of hydrogen-bond acceptors (Lipinski definition) is 5. The molecule has 1 amide bonds. The van der Waals surface area contributed by atoms with E-state index >= 15 is 0 Å². The Hall–Kier alpha value is -2.25. The lowest BCUT2D eigenvalue weighted by Crippen LogP contribution is -2.16. The molecule has 2 aromatic carbocycles. The standard InChI is InChI=1S/C20H22BrNO5/c1-24-17-9-13(10-18(25-2)19(17)21)20(23)22-14-5-3-6-15(11-14)27-12-16-7-4-8-26-16/h3,5-6,9-11,16H,4,7-8,12H2,1-2H3,(H,22,23). The molecule has 1 N–H and O–H groups in total. The fourth-order valence-corrected chi connectivity index (χ4v) is 3.38. The zero-order chi connectivity index (χ0) is 19.2. The molecule has 1 aliphatic rings. The number of halogens is 1. The van der Waals surface area contributed by atoms with Crippen LogP contribution in [0.5, 0.6) is 17.2 Å². The molecule has 1 heterocycles. The van der Waals surface area contributed by atoms with Gasteiger partial charge in [0.15, 0.2) is 0 Å². The van der Waals surface area contributed by atoms with Crippen LogP contribution in [-0.2, 0) is 4.74 Å². The van der Waals surface area contributed by atoms with Crippen LogP contribution in [0.4, 0.5) is 5.69 Å². The molecule has 0 spiro atoms. The Morgan fingerprint density at radius 2 is 1.96 bits per heavy atom. The smallest absolute Gasteiger partial charge is 0.255 e. The molecule has 1 unspecified atom stereocenters. The lowest BCUT2D eigenvalue weighted by atomic mass is 10.1. The summed E-state index contributed by atoms with van der Waals surface area (Å²) in [6.45, 7) is 1.31. The van der Waals surface area contributed by atoms with Crippen molar-refractivity contribution in [3.8, 4) is 17.2 Å². The van der Waals surface area contributed by atoms with Gasteiger partial charge in [0.05, 0.1) is 20.3 Å². The first-order chi connectivity index (χ1) is 13.1. The second-order valence-corrected chi connectivity index (χ2v) is 6.92. The van der Waals surface area contributed by atoms with Crippen LogP contribution < -0.4 is 19.5 Å². The number of amides is 1. The molecule has 144 valence electrons. The number of carbonyl (C=O) groups excluding carboxylic acids is 1. The number of hydrogen-bond donors (Lipinski definition) is 1. The van der Waals surface area contributed by atoms with Gasteiger partial charge in [0.2, 0.25) is 0 Å². The van der Waals surface area contributed by atoms with Gasteiger partial charge in [0.1, 0.15) is 28.3 Å². The highest BCUT2D eigenvalue weighted by Crippen LogP contribution is 2.35. The van der Waals surface area contributed by atoms with E-state index in [1.165, 1.54) is 14.2 Å². The summed E-state index contributed by atoms with van der Waals surface area (Å²) in [6.07, 6.45) is 2.24. The Morgan fingerprint density at radius 1 is 1.22 bits per heavy atom. The summed E-state index contributed by atoms with van der Waals surface area (Å²) in [5, 5.41) is 2.87. The lowest BCUT2D eigenvalue weighted by Gasteiger charge is -2.13. The largest absolute Gasteiger partial charge is 0.495 e. The Kier molecular flexibility index (Phi) is 6.58. The van der Waals surface area contributed by atoms with Crippen molar-refractivity contribution in [1.82, 2.24) is 0 Å². The zero-order valence-corrected chi connectivity index (χ0v) is 16.9. The van der Waals surface area contributed by atoms with Gasteiger partial charge in [0, 0.05) is 23.9 Å². The highest BCUT2D eigenvalue weighted by Gasteiger charge is 2.17. The summed E-state index contributed by atoms with van der Waals surface area (Å²) >= 11 is 3.40. The van der Waals surface area contributed by atoms with Gasteiger partial charge < -0.3 is 24.3 Å². The van der Waals surface area contributed by atoms with Crippen LogP contribution in [0.1, 0.15) is 23.2 Å². The van der Waals surface area contributed by atoms with Crippen molar-refractivity contribution in [1.29, 1.82) is 0 Å². The Morgan fingerprint density at radius 3 is 2.59 bits per heavy atom. The first-order valence-corrected chi connectivity index (χ1v) is 9.47. The van der Waals surface area contributed by atoms with Crippen molar-refractivity contribution in [2.75, 3.05) is 32.8 Å². The number of methoxy groups -OCH3 is 2. The number of nitrogens with one attached hydrogen (secondary N) is 1. The van der Waals surface area contributed by atoms with Crippen LogP contribution >= 0.6 is 15.9 Å². The fraction of sp³-hybridized carbons (Fsp3) is 0.350. The quantitative estimate of drug-likeness (QED) is 0.702. The van der Waals surface area contributed by atoms with Crippen LogP contribution in [0.3, 0.4) is 0 Å². The third-order valence-corrected chi connectivity index (χ3v) is 5.04. The van der Waals surface area contributed by atoms with Gasteiger partial charge in [-0.25, -0.2) is 0 Å². The predicted molar refractivity (Wildman–Crippen MR) is 106 cm³/mol. The van der Waals surface area contributed by atoms with Crippen molar-refractivity contribution >= 4 is 27.5 Å². The van der Waals surface area contributed by atoms with E-state index in [9.17, 15) is 4.79 Å². The number of ether oxygens (including phenoxy) is 4. The number of anilines is 1. The van der Waals surface area contributed by atoms with Crippen molar-refractivity contribution in [3.63, 3.8) is 0 Å². The van der Waals surface area contributed by atoms with Gasteiger partial charge in [-0.15, -0.1) is 0 Å². The molecule has 1 aliphatic heterocycles. The Bertz CT molecular complexity index is 780. The lowest BCUT2D eigenvalue weighted by molar-refractivity contribution is 0.0680. The van der Waals surface area contributed by atoms with Crippen molar-refractivity contribution in [2.45, 2.75) is 18.9 Å². The molecule has 27 heavy (non-hydrogen) atoms. The summed E-state index contributed by atoms with van der Waals surface area (Å²) in [6, 6.07) is 10.6. The molecule has 7 heteroatoms. The maximum Gasteiger partial charge on any atom is 0.255 e. The second-order valence-electron chi connectivity index (χ2n) is 6.12. The molecular weight excluding hydrogens is 414 g/mol. The maximum absolute atomic E-state index is 12.6. The highest BCUT2D eigenvalue weighted by molar-refractivity contribution is 9.10. The van der Waals surface area contributed by atoms with Gasteiger partial charge in [-0.2, -0.15) is 0 Å². The van der Waals surface area contributed by atoms with Gasteiger partial charge >= 0.3 is 0 Å². The van der Waals surface area contributed by atoms with Crippen LogP contribution in [0, 0.1) is 0 Å². The zero-order valence-electron chi connectivity index (χ0n) is 15.3. The predicted octanol–water partition coefficient (Wildman–Crippen LogP) is 4.28. The monoisotopic (exact) mass is 435 g/mol. The minimum absolute atomic E-state index is 0.144. The molecule has 0 radical (unpaired) electrons. The average Bonchev–Trinajstić information content (AvgIpc) is 3.20. The van der Waals surface area contributed by atoms with E-state index in [1.54, 1.807) is 18.2 Å². The van der Waals surface area contributed by atoms with E-state index in [4.69, 9.17) is 18.9 Å². The van der Waals surface area contributed by atoms with E-state index < -0.39 is 0 Å². The van der Waals surface area contributed by atoms with E-state index in [2.05, 4.69) is 21.2 Å². The van der Waals surface area contributed by atoms with Crippen LogP contribution in [-0.4, -0.2) is 39.4 Å². The van der Waals surface area contributed by atoms with E-state index in [-0.39, 0.29) is 12.0 Å². The molecular formula is C20H22BrNO5. The van der Waals surface area contributed by atoms with E-state index in [0.29, 0.717) is 39.6 Å². The van der Waals surface area contributed by atoms with E-state index in [1.807, 2.05) is 18.2 Å². The van der Waals surface area contributed by atoms with Crippen molar-refractivity contribution in [2.24, 2.45) is 0 Å². The summed E-state index contributed by atoms with van der Waals surface area (Å²) in [7, 11) is 3.08.